The SMILES string of the molecule is CC(C)(C)CS(=O)(=O)c1ccc(CNc2c(Cl)ccc3c2CCNCC3)cn1. The number of hydrogen-bond acceptors (Lipinski definition) is 5. The smallest absolute Gasteiger partial charge is 0.196 e. The first kappa shape index (κ1) is 21.1. The molecule has 28 heavy (non-hydrogen) atoms. The molecule has 0 fully saturated rings. The Balaban J connectivity index is 1.74. The van der Waals surface area contributed by atoms with Crippen molar-refractivity contribution in [3.8, 4) is 0 Å². The molecule has 1 aromatic heterocycles. The van der Waals surface area contributed by atoms with Gasteiger partial charge >= 0.3 is 0 Å². The predicted octanol–water partition coefficient (Wildman–Crippen LogP) is 3.86. The average Bonchev–Trinajstić information content (AvgIpc) is 2.85. The third-order valence-corrected chi connectivity index (χ3v) is 7.13. The van der Waals surface area contributed by atoms with Gasteiger partial charge in [0.2, 0.25) is 0 Å². The predicted molar refractivity (Wildman–Crippen MR) is 115 cm³/mol. The van der Waals surface area contributed by atoms with E-state index in [1.807, 2.05) is 32.9 Å². The number of pyridine rings is 1. The molecule has 1 aliphatic heterocycles. The summed E-state index contributed by atoms with van der Waals surface area (Å²) in [4.78, 5) is 4.20. The van der Waals surface area contributed by atoms with Gasteiger partial charge in [-0.25, -0.2) is 13.4 Å². The molecule has 0 atom stereocenters. The second-order valence-electron chi connectivity index (χ2n) is 8.49. The van der Waals surface area contributed by atoms with Gasteiger partial charge in [0.15, 0.2) is 14.9 Å². The molecule has 0 bridgehead atoms. The van der Waals surface area contributed by atoms with E-state index in [-0.39, 0.29) is 16.2 Å². The number of fused-ring (bicyclic) bond motifs is 1. The normalized spacial score (nSPS) is 15.0. The largest absolute Gasteiger partial charge is 0.379 e. The Morgan fingerprint density at radius 2 is 1.89 bits per heavy atom. The van der Waals surface area contributed by atoms with Gasteiger partial charge in [-0.1, -0.05) is 44.5 Å². The highest BCUT2D eigenvalue weighted by Crippen LogP contribution is 2.31. The van der Waals surface area contributed by atoms with Crippen molar-refractivity contribution in [2.45, 2.75) is 45.2 Å². The van der Waals surface area contributed by atoms with Crippen LogP contribution in [0.4, 0.5) is 5.69 Å². The van der Waals surface area contributed by atoms with E-state index in [0.717, 1.165) is 37.2 Å². The molecule has 0 saturated heterocycles. The van der Waals surface area contributed by atoms with Gasteiger partial charge in [0.1, 0.15) is 0 Å². The van der Waals surface area contributed by atoms with Gasteiger partial charge in [0.25, 0.3) is 0 Å². The molecule has 0 radical (unpaired) electrons. The molecule has 0 spiro atoms. The van der Waals surface area contributed by atoms with Crippen LogP contribution in [-0.2, 0) is 29.2 Å². The minimum atomic E-state index is -3.38. The van der Waals surface area contributed by atoms with Crippen LogP contribution < -0.4 is 10.6 Å². The van der Waals surface area contributed by atoms with Crippen molar-refractivity contribution in [2.75, 3.05) is 24.2 Å². The van der Waals surface area contributed by atoms with Crippen LogP contribution in [0.2, 0.25) is 5.02 Å². The van der Waals surface area contributed by atoms with Crippen LogP contribution in [0.3, 0.4) is 0 Å². The molecule has 2 N–H and O–H groups in total. The highest BCUT2D eigenvalue weighted by molar-refractivity contribution is 7.91. The summed E-state index contributed by atoms with van der Waals surface area (Å²) in [5.41, 5.74) is 4.15. The number of benzene rings is 1. The van der Waals surface area contributed by atoms with Crippen LogP contribution in [0, 0.1) is 5.41 Å². The first-order valence-electron chi connectivity index (χ1n) is 9.58. The maximum absolute atomic E-state index is 12.5. The van der Waals surface area contributed by atoms with Gasteiger partial charge in [-0.05, 0) is 60.2 Å². The quantitative estimate of drug-likeness (QED) is 0.767. The third kappa shape index (κ3) is 5.25. The molecular weight excluding hydrogens is 394 g/mol. The summed E-state index contributed by atoms with van der Waals surface area (Å²) in [6.45, 7) is 8.17. The van der Waals surface area contributed by atoms with Crippen LogP contribution in [-0.4, -0.2) is 32.2 Å². The number of hydrogen-bond donors (Lipinski definition) is 2. The van der Waals surface area contributed by atoms with Gasteiger partial charge in [-0.15, -0.1) is 0 Å². The Morgan fingerprint density at radius 1 is 1.14 bits per heavy atom. The Bertz CT molecular complexity index is 935. The maximum atomic E-state index is 12.5. The van der Waals surface area contributed by atoms with E-state index in [9.17, 15) is 8.42 Å². The molecule has 2 aromatic rings. The zero-order chi connectivity index (χ0) is 20.4. The van der Waals surface area contributed by atoms with E-state index in [2.05, 4.69) is 21.7 Å². The molecule has 0 aliphatic carbocycles. The van der Waals surface area contributed by atoms with E-state index < -0.39 is 9.84 Å². The fourth-order valence-electron chi connectivity index (χ4n) is 3.47. The van der Waals surface area contributed by atoms with Crippen molar-refractivity contribution >= 4 is 27.1 Å². The maximum Gasteiger partial charge on any atom is 0.196 e. The molecule has 2 heterocycles. The molecule has 7 heteroatoms. The average molecular weight is 422 g/mol. The lowest BCUT2D eigenvalue weighted by molar-refractivity contribution is 0.461. The molecule has 0 saturated carbocycles. The first-order chi connectivity index (χ1) is 13.2. The van der Waals surface area contributed by atoms with Crippen LogP contribution >= 0.6 is 11.6 Å². The molecule has 1 aromatic carbocycles. The van der Waals surface area contributed by atoms with Crippen molar-refractivity contribution < 1.29 is 8.42 Å². The molecule has 0 unspecified atom stereocenters. The summed E-state index contributed by atoms with van der Waals surface area (Å²) in [7, 11) is -3.38. The molecule has 3 rings (SSSR count). The minimum absolute atomic E-state index is 0.0738. The van der Waals surface area contributed by atoms with Crippen molar-refractivity contribution in [1.82, 2.24) is 10.3 Å². The lowest BCUT2D eigenvalue weighted by Gasteiger charge is -2.18. The van der Waals surface area contributed by atoms with E-state index in [1.54, 1.807) is 12.3 Å². The number of sulfone groups is 1. The summed E-state index contributed by atoms with van der Waals surface area (Å²) in [6.07, 6.45) is 3.54. The van der Waals surface area contributed by atoms with Crippen molar-refractivity contribution in [3.05, 3.63) is 52.2 Å². The van der Waals surface area contributed by atoms with Crippen LogP contribution in [0.5, 0.6) is 0 Å². The number of rotatable bonds is 5. The molecule has 5 nitrogen and oxygen atoms in total. The highest BCUT2D eigenvalue weighted by Gasteiger charge is 2.24. The van der Waals surface area contributed by atoms with Crippen molar-refractivity contribution in [1.29, 1.82) is 0 Å². The number of nitrogens with zero attached hydrogens (tertiary/aromatic N) is 1. The van der Waals surface area contributed by atoms with Crippen LogP contribution in [0.1, 0.15) is 37.5 Å². The standard InChI is InChI=1S/C21H28ClN3O2S/c1-21(2,3)14-28(26,27)19-7-4-15(12-24-19)13-25-20-17-9-11-23-10-8-16(17)5-6-18(20)22/h4-7,12,23,25H,8-11,13-14H2,1-3H3. The Kier molecular flexibility index (Phi) is 6.32. The van der Waals surface area contributed by atoms with Crippen molar-refractivity contribution in [2.24, 2.45) is 5.41 Å². The minimum Gasteiger partial charge on any atom is -0.379 e. The van der Waals surface area contributed by atoms with Crippen LogP contribution in [0.25, 0.3) is 0 Å². The summed E-state index contributed by atoms with van der Waals surface area (Å²) < 4.78 is 24.9. The monoisotopic (exact) mass is 421 g/mol. The van der Waals surface area contributed by atoms with Crippen molar-refractivity contribution in [3.63, 3.8) is 0 Å². The molecule has 152 valence electrons. The Labute approximate surface area is 172 Å². The second-order valence-corrected chi connectivity index (χ2v) is 10.8. The zero-order valence-corrected chi connectivity index (χ0v) is 18.3. The lowest BCUT2D eigenvalue weighted by Crippen LogP contribution is -2.21. The summed E-state index contributed by atoms with van der Waals surface area (Å²) in [5, 5.41) is 7.68. The second kappa shape index (κ2) is 8.39. The lowest BCUT2D eigenvalue weighted by atomic mass is 10.0. The number of anilines is 1. The van der Waals surface area contributed by atoms with Crippen LogP contribution in [0.15, 0.2) is 35.5 Å². The van der Waals surface area contributed by atoms with E-state index >= 15 is 0 Å². The fraction of sp³-hybridized carbons (Fsp3) is 0.476. The van der Waals surface area contributed by atoms with Gasteiger partial charge in [0.05, 0.1) is 16.5 Å². The Hall–Kier alpha value is -1.63. The summed E-state index contributed by atoms with van der Waals surface area (Å²) in [5.74, 6) is 0.0738. The van der Waals surface area contributed by atoms with E-state index in [0.29, 0.717) is 11.6 Å². The number of halogens is 1. The fourth-order valence-corrected chi connectivity index (χ4v) is 5.49. The van der Waals surface area contributed by atoms with Gasteiger partial charge in [-0.3, -0.25) is 0 Å². The van der Waals surface area contributed by atoms with Gasteiger partial charge in [-0.2, -0.15) is 0 Å². The number of nitrogens with one attached hydrogen (secondary N) is 2. The van der Waals surface area contributed by atoms with Gasteiger partial charge in [0, 0.05) is 12.7 Å². The topological polar surface area (TPSA) is 71.1 Å². The highest BCUT2D eigenvalue weighted by atomic mass is 35.5. The zero-order valence-electron chi connectivity index (χ0n) is 16.7. The molecule has 0 amide bonds. The number of aromatic nitrogens is 1. The van der Waals surface area contributed by atoms with Gasteiger partial charge < -0.3 is 10.6 Å². The molecular formula is C21H28ClN3O2S. The van der Waals surface area contributed by atoms with E-state index in [4.69, 9.17) is 11.6 Å². The third-order valence-electron chi connectivity index (χ3n) is 4.69. The Morgan fingerprint density at radius 3 is 2.57 bits per heavy atom. The summed E-state index contributed by atoms with van der Waals surface area (Å²) in [6, 6.07) is 7.45. The molecule has 1 aliphatic rings. The first-order valence-corrected chi connectivity index (χ1v) is 11.6. The van der Waals surface area contributed by atoms with E-state index in [1.165, 1.54) is 11.1 Å². The summed E-state index contributed by atoms with van der Waals surface area (Å²) >= 11 is 6.45.